The fourth-order valence-electron chi connectivity index (χ4n) is 2.46. The van der Waals surface area contributed by atoms with Crippen LogP contribution in [0.15, 0.2) is 24.3 Å². The van der Waals surface area contributed by atoms with E-state index in [9.17, 15) is 10.2 Å². The standard InChI is InChI=1S/C15H22N2O3S/c16-15(21)11-3-5-14(6-4-11)20-10-13(19)9-17-7-1-2-12(18)8-17/h3-6,12-13,18-19H,1-2,7-10H2,(H2,16,21). The number of nitrogens with zero attached hydrogens (tertiary/aromatic N) is 1. The maximum Gasteiger partial charge on any atom is 0.119 e. The summed E-state index contributed by atoms with van der Waals surface area (Å²) < 4.78 is 5.55. The van der Waals surface area contributed by atoms with Crippen LogP contribution >= 0.6 is 12.2 Å². The predicted octanol–water partition coefficient (Wildman–Crippen LogP) is 0.517. The first-order valence-electron chi connectivity index (χ1n) is 7.16. The molecule has 1 fully saturated rings. The van der Waals surface area contributed by atoms with Gasteiger partial charge in [0.2, 0.25) is 0 Å². The molecule has 21 heavy (non-hydrogen) atoms. The van der Waals surface area contributed by atoms with Crippen LogP contribution in [0, 0.1) is 0 Å². The zero-order valence-corrected chi connectivity index (χ0v) is 12.8. The number of benzene rings is 1. The van der Waals surface area contributed by atoms with Gasteiger partial charge in [0, 0.05) is 18.7 Å². The summed E-state index contributed by atoms with van der Waals surface area (Å²) in [5.74, 6) is 0.674. The van der Waals surface area contributed by atoms with Crippen molar-refractivity contribution in [3.05, 3.63) is 29.8 Å². The number of piperidine rings is 1. The molecular weight excluding hydrogens is 288 g/mol. The molecule has 2 rings (SSSR count). The van der Waals surface area contributed by atoms with Gasteiger partial charge in [-0.15, -0.1) is 0 Å². The molecule has 5 nitrogen and oxygen atoms in total. The summed E-state index contributed by atoms with van der Waals surface area (Å²) in [7, 11) is 0. The molecule has 1 aliphatic heterocycles. The molecule has 0 amide bonds. The van der Waals surface area contributed by atoms with Crippen LogP contribution in [0.3, 0.4) is 0 Å². The number of rotatable bonds is 6. The second kappa shape index (κ2) is 7.70. The van der Waals surface area contributed by atoms with E-state index >= 15 is 0 Å². The van der Waals surface area contributed by atoms with E-state index in [1.165, 1.54) is 0 Å². The molecule has 0 aromatic heterocycles. The van der Waals surface area contributed by atoms with Crippen molar-refractivity contribution in [3.63, 3.8) is 0 Å². The van der Waals surface area contributed by atoms with Gasteiger partial charge in [-0.3, -0.25) is 4.90 Å². The lowest BCUT2D eigenvalue weighted by molar-refractivity contribution is 0.0243. The van der Waals surface area contributed by atoms with E-state index in [1.54, 1.807) is 24.3 Å². The van der Waals surface area contributed by atoms with Crippen LogP contribution in [-0.4, -0.2) is 58.6 Å². The second-order valence-corrected chi connectivity index (χ2v) is 5.85. The molecule has 2 unspecified atom stereocenters. The number of likely N-dealkylation sites (tertiary alicyclic amines) is 1. The third-order valence-corrected chi connectivity index (χ3v) is 3.77. The van der Waals surface area contributed by atoms with Gasteiger partial charge in [-0.05, 0) is 43.7 Å². The monoisotopic (exact) mass is 310 g/mol. The Bertz CT molecular complexity index is 466. The van der Waals surface area contributed by atoms with Gasteiger partial charge in [0.05, 0.1) is 6.10 Å². The smallest absolute Gasteiger partial charge is 0.119 e. The topological polar surface area (TPSA) is 79.0 Å². The van der Waals surface area contributed by atoms with Crippen molar-refractivity contribution in [1.82, 2.24) is 4.90 Å². The summed E-state index contributed by atoms with van der Waals surface area (Å²) >= 11 is 4.88. The number of hydrogen-bond donors (Lipinski definition) is 3. The number of aliphatic hydroxyl groups excluding tert-OH is 2. The van der Waals surface area contributed by atoms with Crippen LogP contribution in [-0.2, 0) is 0 Å². The van der Waals surface area contributed by atoms with Gasteiger partial charge in [-0.2, -0.15) is 0 Å². The third kappa shape index (κ3) is 5.24. The number of nitrogens with two attached hydrogens (primary N) is 1. The summed E-state index contributed by atoms with van der Waals surface area (Å²) in [6.07, 6.45) is 0.957. The first-order chi connectivity index (χ1) is 10.0. The van der Waals surface area contributed by atoms with Gasteiger partial charge in [0.15, 0.2) is 0 Å². The van der Waals surface area contributed by atoms with Gasteiger partial charge in [-0.1, -0.05) is 12.2 Å². The molecule has 116 valence electrons. The maximum absolute atomic E-state index is 10.0. The van der Waals surface area contributed by atoms with Crippen LogP contribution in [0.2, 0.25) is 0 Å². The Labute approximate surface area is 130 Å². The van der Waals surface area contributed by atoms with Gasteiger partial charge in [0.1, 0.15) is 23.4 Å². The quantitative estimate of drug-likeness (QED) is 0.665. The molecule has 1 heterocycles. The lowest BCUT2D eigenvalue weighted by Crippen LogP contribution is -2.43. The Morgan fingerprint density at radius 2 is 2.14 bits per heavy atom. The zero-order valence-electron chi connectivity index (χ0n) is 11.9. The van der Waals surface area contributed by atoms with Crippen LogP contribution in [0.4, 0.5) is 0 Å². The highest BCUT2D eigenvalue weighted by Crippen LogP contribution is 2.13. The van der Waals surface area contributed by atoms with Crippen LogP contribution in [0.5, 0.6) is 5.75 Å². The fourth-order valence-corrected chi connectivity index (χ4v) is 2.59. The first-order valence-corrected chi connectivity index (χ1v) is 7.56. The van der Waals surface area contributed by atoms with Crippen molar-refractivity contribution in [2.45, 2.75) is 25.0 Å². The molecule has 0 bridgehead atoms. The van der Waals surface area contributed by atoms with Crippen molar-refractivity contribution >= 4 is 17.2 Å². The Morgan fingerprint density at radius 1 is 1.43 bits per heavy atom. The number of aliphatic hydroxyl groups is 2. The van der Waals surface area contributed by atoms with Crippen LogP contribution in [0.25, 0.3) is 0 Å². The average Bonchev–Trinajstić information content (AvgIpc) is 2.45. The molecule has 1 aromatic carbocycles. The lowest BCUT2D eigenvalue weighted by atomic mass is 10.1. The summed E-state index contributed by atoms with van der Waals surface area (Å²) in [6.45, 7) is 2.28. The molecule has 0 aliphatic carbocycles. The Hall–Kier alpha value is -1.21. The number of hydrogen-bond acceptors (Lipinski definition) is 5. The minimum atomic E-state index is -0.578. The van der Waals surface area contributed by atoms with E-state index in [0.717, 1.165) is 24.9 Å². The summed E-state index contributed by atoms with van der Waals surface area (Å²) in [5, 5.41) is 19.6. The average molecular weight is 310 g/mol. The Morgan fingerprint density at radius 3 is 2.76 bits per heavy atom. The molecule has 6 heteroatoms. The summed E-state index contributed by atoms with van der Waals surface area (Å²) in [6, 6.07) is 7.16. The number of ether oxygens (including phenoxy) is 1. The predicted molar refractivity (Wildman–Crippen MR) is 85.5 cm³/mol. The summed E-state index contributed by atoms with van der Waals surface area (Å²) in [5.41, 5.74) is 6.32. The largest absolute Gasteiger partial charge is 0.491 e. The van der Waals surface area contributed by atoms with E-state index in [4.69, 9.17) is 22.7 Å². The van der Waals surface area contributed by atoms with Crippen molar-refractivity contribution in [2.24, 2.45) is 5.73 Å². The SMILES string of the molecule is NC(=S)c1ccc(OCC(O)CN2CCCC(O)C2)cc1. The van der Waals surface area contributed by atoms with Crippen molar-refractivity contribution in [3.8, 4) is 5.75 Å². The molecule has 1 aromatic rings. The number of thiocarbonyl (C=S) groups is 1. The zero-order chi connectivity index (χ0) is 15.2. The molecule has 1 saturated heterocycles. The van der Waals surface area contributed by atoms with Crippen LogP contribution in [0.1, 0.15) is 18.4 Å². The highest BCUT2D eigenvalue weighted by Gasteiger charge is 2.20. The minimum Gasteiger partial charge on any atom is -0.491 e. The molecule has 2 atom stereocenters. The third-order valence-electron chi connectivity index (χ3n) is 3.53. The Kier molecular flexibility index (Phi) is 5.93. The summed E-state index contributed by atoms with van der Waals surface area (Å²) in [4.78, 5) is 2.42. The van der Waals surface area contributed by atoms with Crippen molar-refractivity contribution in [1.29, 1.82) is 0 Å². The van der Waals surface area contributed by atoms with E-state index in [2.05, 4.69) is 4.90 Å². The first kappa shape index (κ1) is 16.2. The molecule has 0 saturated carbocycles. The molecule has 0 radical (unpaired) electrons. The highest BCUT2D eigenvalue weighted by atomic mass is 32.1. The molecular formula is C15H22N2O3S. The Balaban J connectivity index is 1.75. The molecule has 1 aliphatic rings. The van der Waals surface area contributed by atoms with E-state index in [1.807, 2.05) is 0 Å². The van der Waals surface area contributed by atoms with Crippen molar-refractivity contribution < 1.29 is 14.9 Å². The molecule has 0 spiro atoms. The minimum absolute atomic E-state index is 0.221. The van der Waals surface area contributed by atoms with Crippen molar-refractivity contribution in [2.75, 3.05) is 26.2 Å². The van der Waals surface area contributed by atoms with E-state index < -0.39 is 6.10 Å². The van der Waals surface area contributed by atoms with Crippen LogP contribution < -0.4 is 10.5 Å². The van der Waals surface area contributed by atoms with Gasteiger partial charge in [0.25, 0.3) is 0 Å². The second-order valence-electron chi connectivity index (χ2n) is 5.41. The van der Waals surface area contributed by atoms with E-state index in [-0.39, 0.29) is 12.7 Å². The number of β-amino-alcohol motifs (C(OH)–C–C–N with tert-alkyl or cyclic N) is 2. The fraction of sp³-hybridized carbons (Fsp3) is 0.533. The highest BCUT2D eigenvalue weighted by molar-refractivity contribution is 7.80. The van der Waals surface area contributed by atoms with Gasteiger partial charge in [-0.25, -0.2) is 0 Å². The van der Waals surface area contributed by atoms with Gasteiger partial charge >= 0.3 is 0 Å². The normalized spacial score (nSPS) is 21.0. The lowest BCUT2D eigenvalue weighted by Gasteiger charge is -2.31. The maximum atomic E-state index is 10.0. The van der Waals surface area contributed by atoms with E-state index in [0.29, 0.717) is 23.8 Å². The molecule has 4 N–H and O–H groups in total. The van der Waals surface area contributed by atoms with Gasteiger partial charge < -0.3 is 20.7 Å².